The van der Waals surface area contributed by atoms with Crippen molar-refractivity contribution >= 4 is 39.2 Å². The van der Waals surface area contributed by atoms with Gasteiger partial charge in [0.25, 0.3) is 0 Å². The summed E-state index contributed by atoms with van der Waals surface area (Å²) in [5, 5.41) is 0.137. The van der Waals surface area contributed by atoms with Crippen molar-refractivity contribution in [3.8, 4) is 0 Å². The number of anilines is 1. The Morgan fingerprint density at radius 2 is 2.10 bits per heavy atom. The van der Waals surface area contributed by atoms with Crippen molar-refractivity contribution in [3.63, 3.8) is 0 Å². The van der Waals surface area contributed by atoms with Gasteiger partial charge in [-0.3, -0.25) is 0 Å². The Kier molecular flexibility index (Phi) is 5.16. The molecule has 1 aliphatic rings. The monoisotopic (exact) mass is 340 g/mol. The Morgan fingerprint density at radius 1 is 1.35 bits per heavy atom. The first-order valence-corrected chi connectivity index (χ1v) is 9.52. The van der Waals surface area contributed by atoms with E-state index < -0.39 is 26.6 Å². The summed E-state index contributed by atoms with van der Waals surface area (Å²) in [4.78, 5) is -0.747. The molecule has 0 radical (unpaired) electrons. The van der Waals surface area contributed by atoms with Crippen LogP contribution < -0.4 is 10.5 Å². The molecule has 20 heavy (non-hydrogen) atoms. The van der Waals surface area contributed by atoms with Gasteiger partial charge in [-0.2, -0.15) is 23.5 Å². The maximum atomic E-state index is 13.6. The van der Waals surface area contributed by atoms with Crippen LogP contribution in [0.15, 0.2) is 17.0 Å². The zero-order valence-electron chi connectivity index (χ0n) is 10.4. The second-order valence-electron chi connectivity index (χ2n) is 4.23. The smallest absolute Gasteiger partial charge is 0.243 e. The number of halogens is 2. The molecule has 2 rings (SSSR count). The molecule has 4 nitrogen and oxygen atoms in total. The number of hydrogen-bond donors (Lipinski definition) is 2. The van der Waals surface area contributed by atoms with Crippen molar-refractivity contribution < 1.29 is 17.2 Å². The van der Waals surface area contributed by atoms with E-state index in [4.69, 9.17) is 5.73 Å². The number of nitrogen functional groups attached to an aromatic ring is 1. The average Bonchev–Trinajstić information content (AvgIpc) is 2.42. The van der Waals surface area contributed by atoms with Gasteiger partial charge in [-0.25, -0.2) is 21.9 Å². The van der Waals surface area contributed by atoms with Crippen LogP contribution in [0.1, 0.15) is 0 Å². The summed E-state index contributed by atoms with van der Waals surface area (Å²) in [5.74, 6) is 0.160. The highest BCUT2D eigenvalue weighted by atomic mass is 32.2. The van der Waals surface area contributed by atoms with Gasteiger partial charge in [-0.05, 0) is 12.1 Å². The standard InChI is InChI=1S/C11H14F2N2O2S3/c12-9-3-7(14)4-10(11(9)13)20(16,17)15-5-8-6-18-1-2-19-8/h3-4,8,15H,1-2,5-6,14H2. The zero-order chi connectivity index (χ0) is 14.8. The Morgan fingerprint density at radius 3 is 2.75 bits per heavy atom. The third-order valence-corrected chi connectivity index (χ3v) is 6.96. The molecule has 0 saturated carbocycles. The van der Waals surface area contributed by atoms with Crippen LogP contribution in [-0.2, 0) is 10.0 Å². The lowest BCUT2D eigenvalue weighted by atomic mass is 10.3. The van der Waals surface area contributed by atoms with Crippen LogP contribution in [0.25, 0.3) is 0 Å². The van der Waals surface area contributed by atoms with Gasteiger partial charge < -0.3 is 5.73 Å². The highest BCUT2D eigenvalue weighted by molar-refractivity contribution is 8.06. The van der Waals surface area contributed by atoms with Crippen LogP contribution in [0.3, 0.4) is 0 Å². The van der Waals surface area contributed by atoms with Crippen molar-refractivity contribution in [1.82, 2.24) is 4.72 Å². The number of rotatable bonds is 4. The van der Waals surface area contributed by atoms with E-state index in [1.54, 1.807) is 23.5 Å². The molecule has 1 atom stereocenters. The normalized spacial score (nSPS) is 20.0. The van der Waals surface area contributed by atoms with Crippen molar-refractivity contribution in [1.29, 1.82) is 0 Å². The minimum absolute atomic E-state index is 0.133. The van der Waals surface area contributed by atoms with Gasteiger partial charge in [0, 0.05) is 34.7 Å². The van der Waals surface area contributed by atoms with E-state index >= 15 is 0 Å². The lowest BCUT2D eigenvalue weighted by Crippen LogP contribution is -2.34. The second kappa shape index (κ2) is 6.50. The molecule has 1 saturated heterocycles. The van der Waals surface area contributed by atoms with E-state index in [9.17, 15) is 17.2 Å². The van der Waals surface area contributed by atoms with Crippen molar-refractivity contribution in [3.05, 3.63) is 23.8 Å². The molecule has 1 unspecified atom stereocenters. The lowest BCUT2D eigenvalue weighted by molar-refractivity contribution is 0.484. The Labute approximate surface area is 124 Å². The molecule has 0 spiro atoms. The third-order valence-electron chi connectivity index (χ3n) is 2.69. The summed E-state index contributed by atoms with van der Waals surface area (Å²) in [7, 11) is -4.10. The van der Waals surface area contributed by atoms with E-state index in [1.165, 1.54) is 0 Å². The zero-order valence-corrected chi connectivity index (χ0v) is 12.9. The number of hydrogen-bond acceptors (Lipinski definition) is 5. The van der Waals surface area contributed by atoms with Crippen LogP contribution in [0.5, 0.6) is 0 Å². The van der Waals surface area contributed by atoms with Gasteiger partial charge in [0.2, 0.25) is 10.0 Å². The molecule has 0 amide bonds. The van der Waals surface area contributed by atoms with Crippen molar-refractivity contribution in [2.75, 3.05) is 29.5 Å². The molecular weight excluding hydrogens is 326 g/mol. The quantitative estimate of drug-likeness (QED) is 0.816. The summed E-state index contributed by atoms with van der Waals surface area (Å²) in [5.41, 5.74) is 5.23. The fourth-order valence-electron chi connectivity index (χ4n) is 1.71. The predicted molar refractivity (Wildman–Crippen MR) is 79.5 cm³/mol. The van der Waals surface area contributed by atoms with Gasteiger partial charge in [0.15, 0.2) is 11.6 Å². The summed E-state index contributed by atoms with van der Waals surface area (Å²) in [6.07, 6.45) is 0. The van der Waals surface area contributed by atoms with Crippen molar-refractivity contribution in [2.45, 2.75) is 10.1 Å². The summed E-state index contributed by atoms with van der Waals surface area (Å²) < 4.78 is 53.1. The second-order valence-corrected chi connectivity index (χ2v) is 8.53. The summed E-state index contributed by atoms with van der Waals surface area (Å²) in [6, 6.07) is 1.67. The molecule has 1 fully saturated rings. The molecule has 0 bridgehead atoms. The van der Waals surface area contributed by atoms with Crippen LogP contribution in [0, 0.1) is 11.6 Å². The van der Waals surface area contributed by atoms with Crippen LogP contribution in [0.4, 0.5) is 14.5 Å². The molecule has 1 heterocycles. The third kappa shape index (κ3) is 3.78. The molecule has 1 aliphatic heterocycles. The highest BCUT2D eigenvalue weighted by Gasteiger charge is 2.24. The molecule has 1 aromatic rings. The van der Waals surface area contributed by atoms with Gasteiger partial charge in [-0.15, -0.1) is 0 Å². The minimum atomic E-state index is -4.10. The van der Waals surface area contributed by atoms with Gasteiger partial charge >= 0.3 is 0 Å². The fraction of sp³-hybridized carbons (Fsp3) is 0.455. The Bertz CT molecular complexity index is 590. The number of thioether (sulfide) groups is 2. The van der Waals surface area contributed by atoms with Crippen LogP contribution >= 0.6 is 23.5 Å². The number of benzene rings is 1. The van der Waals surface area contributed by atoms with E-state index in [2.05, 4.69) is 4.72 Å². The Hall–Kier alpha value is -0.510. The lowest BCUT2D eigenvalue weighted by Gasteiger charge is -2.21. The van der Waals surface area contributed by atoms with Gasteiger partial charge in [0.1, 0.15) is 4.90 Å². The largest absolute Gasteiger partial charge is 0.399 e. The number of sulfonamides is 1. The first-order valence-electron chi connectivity index (χ1n) is 5.83. The highest BCUT2D eigenvalue weighted by Crippen LogP contribution is 2.25. The predicted octanol–water partition coefficient (Wildman–Crippen LogP) is 1.67. The minimum Gasteiger partial charge on any atom is -0.399 e. The van der Waals surface area contributed by atoms with E-state index in [1.807, 2.05) is 0 Å². The molecule has 0 aliphatic carbocycles. The molecular formula is C11H14F2N2O2S3. The molecule has 0 aromatic heterocycles. The first-order chi connectivity index (χ1) is 9.40. The SMILES string of the molecule is Nc1cc(F)c(F)c(S(=O)(=O)NCC2CSCCS2)c1. The molecule has 1 aromatic carbocycles. The van der Waals surface area contributed by atoms with Crippen LogP contribution in [-0.4, -0.2) is 37.5 Å². The topological polar surface area (TPSA) is 72.2 Å². The summed E-state index contributed by atoms with van der Waals surface area (Å²) in [6.45, 7) is 0.190. The molecule has 112 valence electrons. The number of nitrogens with two attached hydrogens (primary N) is 1. The maximum Gasteiger partial charge on any atom is 0.243 e. The van der Waals surface area contributed by atoms with Gasteiger partial charge in [0.05, 0.1) is 0 Å². The molecule has 9 heteroatoms. The average molecular weight is 340 g/mol. The van der Waals surface area contributed by atoms with Crippen LogP contribution in [0.2, 0.25) is 0 Å². The van der Waals surface area contributed by atoms with Crippen molar-refractivity contribution in [2.24, 2.45) is 0 Å². The number of nitrogens with one attached hydrogen (secondary N) is 1. The molecule has 3 N–H and O–H groups in total. The van der Waals surface area contributed by atoms with Gasteiger partial charge in [-0.1, -0.05) is 0 Å². The maximum absolute atomic E-state index is 13.6. The fourth-order valence-corrected chi connectivity index (χ4v) is 5.63. The first kappa shape index (κ1) is 15.9. The summed E-state index contributed by atoms with van der Waals surface area (Å²) >= 11 is 3.42. The van der Waals surface area contributed by atoms with E-state index in [0.29, 0.717) is 0 Å². The Balaban J connectivity index is 2.14. The van der Waals surface area contributed by atoms with E-state index in [0.717, 1.165) is 29.4 Å². The van der Waals surface area contributed by atoms with E-state index in [-0.39, 0.29) is 17.5 Å².